The number of allylic oxidation sites excluding steroid dienone is 1. The molecule has 0 aliphatic carbocycles. The van der Waals surface area contributed by atoms with Gasteiger partial charge >= 0.3 is 0 Å². The molecule has 184 valence electrons. The van der Waals surface area contributed by atoms with Crippen LogP contribution in [0.2, 0.25) is 0 Å². The summed E-state index contributed by atoms with van der Waals surface area (Å²) in [5.74, 6) is 0.365. The fraction of sp³-hybridized carbons (Fsp3) is 0.370. The maximum atomic E-state index is 13.8. The Kier molecular flexibility index (Phi) is 7.62. The van der Waals surface area contributed by atoms with Crippen molar-refractivity contribution in [2.24, 2.45) is 0 Å². The zero-order valence-corrected chi connectivity index (χ0v) is 21.6. The molecule has 35 heavy (non-hydrogen) atoms. The van der Waals surface area contributed by atoms with Crippen LogP contribution in [0.15, 0.2) is 52.7 Å². The number of halogens is 1. The number of rotatable bonds is 8. The average molecular weight is 495 g/mol. The second-order valence-corrected chi connectivity index (χ2v) is 9.47. The third-order valence-corrected chi connectivity index (χ3v) is 6.52. The summed E-state index contributed by atoms with van der Waals surface area (Å²) in [4.78, 5) is 6.71. The monoisotopic (exact) mass is 494 g/mol. The van der Waals surface area contributed by atoms with Crippen LogP contribution in [0.4, 0.5) is 4.39 Å². The maximum absolute atomic E-state index is 13.8. The summed E-state index contributed by atoms with van der Waals surface area (Å²) in [6, 6.07) is 12.3. The number of aromatic nitrogens is 2. The minimum Gasteiger partial charge on any atom is -0.379 e. The molecule has 0 saturated heterocycles. The van der Waals surface area contributed by atoms with Crippen molar-refractivity contribution in [3.63, 3.8) is 0 Å². The van der Waals surface area contributed by atoms with Gasteiger partial charge < -0.3 is 19.5 Å². The van der Waals surface area contributed by atoms with Crippen molar-refractivity contribution in [3.05, 3.63) is 76.6 Å². The maximum Gasteiger partial charge on any atom is 0.258 e. The molecule has 1 aliphatic rings. The van der Waals surface area contributed by atoms with Crippen molar-refractivity contribution < 1.29 is 13.7 Å². The van der Waals surface area contributed by atoms with Crippen molar-refractivity contribution >= 4 is 22.9 Å². The molecule has 0 bridgehead atoms. The van der Waals surface area contributed by atoms with E-state index in [4.69, 9.17) is 21.5 Å². The third kappa shape index (κ3) is 5.60. The molecule has 0 spiro atoms. The van der Waals surface area contributed by atoms with Crippen molar-refractivity contribution in [2.75, 3.05) is 13.2 Å². The van der Waals surface area contributed by atoms with Crippen LogP contribution >= 0.6 is 12.2 Å². The predicted octanol–water partition coefficient (Wildman–Crippen LogP) is 5.97. The molecule has 1 unspecified atom stereocenters. The number of aryl methyl sites for hydroxylation is 2. The lowest BCUT2D eigenvalue weighted by molar-refractivity contribution is 0.0749. The van der Waals surface area contributed by atoms with Crippen molar-refractivity contribution in [3.8, 4) is 11.4 Å². The summed E-state index contributed by atoms with van der Waals surface area (Å²) in [5, 5.41) is 8.28. The van der Waals surface area contributed by atoms with Crippen molar-refractivity contribution in [1.29, 1.82) is 0 Å². The van der Waals surface area contributed by atoms with Gasteiger partial charge in [0.05, 0.1) is 17.7 Å². The summed E-state index contributed by atoms with van der Waals surface area (Å²) in [6.45, 7) is 11.6. The van der Waals surface area contributed by atoms with Gasteiger partial charge in [-0.1, -0.05) is 35.5 Å². The van der Waals surface area contributed by atoms with Gasteiger partial charge in [0.25, 0.3) is 5.89 Å². The van der Waals surface area contributed by atoms with Crippen LogP contribution in [-0.4, -0.2) is 39.4 Å². The number of ether oxygens (including phenoxy) is 1. The first-order chi connectivity index (χ1) is 16.7. The molecule has 0 radical (unpaired) electrons. The number of thiocarbonyl (C=S) groups is 1. The van der Waals surface area contributed by atoms with Crippen LogP contribution in [0, 0.1) is 19.7 Å². The largest absolute Gasteiger partial charge is 0.379 e. The Morgan fingerprint density at radius 3 is 2.66 bits per heavy atom. The number of nitrogens with one attached hydrogen (secondary N) is 1. The van der Waals surface area contributed by atoms with E-state index in [2.05, 4.69) is 52.4 Å². The molecule has 4 rings (SSSR count). The summed E-state index contributed by atoms with van der Waals surface area (Å²) < 4.78 is 25.2. The van der Waals surface area contributed by atoms with E-state index >= 15 is 0 Å². The van der Waals surface area contributed by atoms with E-state index in [1.54, 1.807) is 12.1 Å². The zero-order valence-electron chi connectivity index (χ0n) is 20.8. The highest BCUT2D eigenvalue weighted by molar-refractivity contribution is 7.80. The normalized spacial score (nSPS) is 16.3. The van der Waals surface area contributed by atoms with E-state index in [1.165, 1.54) is 23.3 Å². The van der Waals surface area contributed by atoms with E-state index in [0.717, 1.165) is 23.3 Å². The highest BCUT2D eigenvalue weighted by Crippen LogP contribution is 2.38. The summed E-state index contributed by atoms with van der Waals surface area (Å²) in [6.07, 6.45) is 1.000. The Labute approximate surface area is 211 Å². The molecule has 1 N–H and O–H groups in total. The first-order valence-corrected chi connectivity index (χ1v) is 12.2. The van der Waals surface area contributed by atoms with Gasteiger partial charge in [0, 0.05) is 24.4 Å². The van der Waals surface area contributed by atoms with E-state index in [0.29, 0.717) is 35.5 Å². The Balaban J connectivity index is 1.73. The van der Waals surface area contributed by atoms with Gasteiger partial charge in [-0.25, -0.2) is 4.39 Å². The van der Waals surface area contributed by atoms with Gasteiger partial charge in [-0.05, 0) is 82.1 Å². The summed E-state index contributed by atoms with van der Waals surface area (Å²) in [5.41, 5.74) is 5.80. The molecular weight excluding hydrogens is 463 g/mol. The molecule has 1 atom stereocenters. The second kappa shape index (κ2) is 10.7. The predicted molar refractivity (Wildman–Crippen MR) is 139 cm³/mol. The van der Waals surface area contributed by atoms with E-state index in [1.807, 2.05) is 20.8 Å². The molecule has 0 saturated carbocycles. The molecule has 1 aliphatic heterocycles. The molecular formula is C27H31FN4O2S. The molecule has 0 amide bonds. The van der Waals surface area contributed by atoms with Crippen molar-refractivity contribution in [2.45, 2.75) is 53.2 Å². The van der Waals surface area contributed by atoms with Gasteiger partial charge in [-0.2, -0.15) is 4.98 Å². The Hall–Kier alpha value is -3.10. The number of nitrogens with zero attached hydrogens (tertiary/aromatic N) is 3. The smallest absolute Gasteiger partial charge is 0.258 e. The van der Waals surface area contributed by atoms with Crippen molar-refractivity contribution in [1.82, 2.24) is 20.4 Å². The first-order valence-electron chi connectivity index (χ1n) is 11.8. The molecule has 8 heteroatoms. The van der Waals surface area contributed by atoms with Gasteiger partial charge in [0.15, 0.2) is 5.11 Å². The third-order valence-electron chi connectivity index (χ3n) is 6.18. The number of hydrogen-bond donors (Lipinski definition) is 1. The highest BCUT2D eigenvalue weighted by atomic mass is 32.1. The van der Waals surface area contributed by atoms with E-state index in [-0.39, 0.29) is 18.0 Å². The molecule has 1 aromatic heterocycles. The fourth-order valence-corrected chi connectivity index (χ4v) is 4.49. The summed E-state index contributed by atoms with van der Waals surface area (Å²) in [7, 11) is 0. The number of benzene rings is 2. The summed E-state index contributed by atoms with van der Waals surface area (Å²) >= 11 is 5.77. The first kappa shape index (κ1) is 25.0. The van der Waals surface area contributed by atoms with Crippen LogP contribution in [0.5, 0.6) is 0 Å². The standard InChI is InChI=1S/C27H31FN4O2S/c1-16(2)33-13-7-12-32-19(5)23(24(29-27(32)35)20-11-10-17(3)18(4)14-20)26-30-25(31-34-26)21-8-6-9-22(28)15-21/h6,8-11,14-16,24H,7,12-13H2,1-5H3,(H,29,35). The molecule has 0 fully saturated rings. The second-order valence-electron chi connectivity index (χ2n) is 9.08. The fourth-order valence-electron chi connectivity index (χ4n) is 4.14. The highest BCUT2D eigenvalue weighted by Gasteiger charge is 2.34. The lowest BCUT2D eigenvalue weighted by Gasteiger charge is -2.37. The van der Waals surface area contributed by atoms with Gasteiger partial charge in [0.1, 0.15) is 5.82 Å². The van der Waals surface area contributed by atoms with Crippen LogP contribution in [0.3, 0.4) is 0 Å². The van der Waals surface area contributed by atoms with E-state index in [9.17, 15) is 4.39 Å². The number of hydrogen-bond acceptors (Lipinski definition) is 5. The Morgan fingerprint density at radius 1 is 1.14 bits per heavy atom. The minimum atomic E-state index is -0.350. The molecule has 2 aromatic carbocycles. The van der Waals surface area contributed by atoms with Gasteiger partial charge in [0.2, 0.25) is 5.82 Å². The van der Waals surface area contributed by atoms with Gasteiger partial charge in [-0.3, -0.25) is 0 Å². The van der Waals surface area contributed by atoms with Crippen LogP contribution in [0.25, 0.3) is 17.0 Å². The topological polar surface area (TPSA) is 63.4 Å². The quantitative estimate of drug-likeness (QED) is 0.306. The minimum absolute atomic E-state index is 0.183. The Morgan fingerprint density at radius 2 is 1.94 bits per heavy atom. The van der Waals surface area contributed by atoms with E-state index < -0.39 is 0 Å². The lowest BCUT2D eigenvalue weighted by atomic mass is 9.92. The molecule has 6 nitrogen and oxygen atoms in total. The van der Waals surface area contributed by atoms with Gasteiger partial charge in [-0.15, -0.1) is 0 Å². The van der Waals surface area contributed by atoms with Crippen LogP contribution < -0.4 is 5.32 Å². The van der Waals surface area contributed by atoms with Crippen LogP contribution in [-0.2, 0) is 4.74 Å². The molecule has 3 aromatic rings. The average Bonchev–Trinajstić information content (AvgIpc) is 3.29. The van der Waals surface area contributed by atoms with Crippen LogP contribution in [0.1, 0.15) is 55.8 Å². The SMILES string of the molecule is CC1=C(c2nc(-c3cccc(F)c3)no2)C(c2ccc(C)c(C)c2)NC(=S)N1CCCOC(C)C. The zero-order chi connectivity index (χ0) is 25.1. The molecule has 2 heterocycles. The Bertz CT molecular complexity index is 1250. The lowest BCUT2D eigenvalue weighted by Crippen LogP contribution is -2.46.